The van der Waals surface area contributed by atoms with Gasteiger partial charge in [0.15, 0.2) is 0 Å². The van der Waals surface area contributed by atoms with Gasteiger partial charge in [0.25, 0.3) is 0 Å². The third-order valence-electron chi connectivity index (χ3n) is 6.97. The minimum absolute atomic E-state index is 0.00560. The third-order valence-corrected chi connectivity index (χ3v) is 6.97. The molecule has 1 spiro atoms. The highest BCUT2D eigenvalue weighted by Gasteiger charge is 2.46. The van der Waals surface area contributed by atoms with Gasteiger partial charge in [0.05, 0.1) is 34.9 Å². The molecule has 196 valence electrons. The predicted octanol–water partition coefficient (Wildman–Crippen LogP) is 5.66. The number of piperidine rings is 1. The van der Waals surface area contributed by atoms with Gasteiger partial charge >= 0.3 is 18.3 Å². The van der Waals surface area contributed by atoms with Gasteiger partial charge in [-0.1, -0.05) is 30.3 Å². The standard InChI is InChI=1S/C25H26F6N2O3/c1-16(17-11-19(24(26,27)28)13-20(12-17)25(29,30)31)35-15-23(18-5-3-2-4-6-18)10-9-22(14-32-23)8-7-21(34)36-33-22/h2-6,11-13,16,32-33H,7-10,14-15H2,1H3/t16-,22?,23-/m1/s1. The molecule has 2 aromatic carbocycles. The van der Waals surface area contributed by atoms with Crippen molar-refractivity contribution < 1.29 is 40.7 Å². The monoisotopic (exact) mass is 516 g/mol. The van der Waals surface area contributed by atoms with E-state index in [4.69, 9.17) is 9.57 Å². The van der Waals surface area contributed by atoms with E-state index in [2.05, 4.69) is 10.8 Å². The fourth-order valence-corrected chi connectivity index (χ4v) is 4.66. The summed E-state index contributed by atoms with van der Waals surface area (Å²) in [7, 11) is 0. The van der Waals surface area contributed by atoms with Gasteiger partial charge in [-0.3, -0.25) is 4.79 Å². The summed E-state index contributed by atoms with van der Waals surface area (Å²) in [5.41, 5.74) is -0.453. The zero-order chi connectivity index (χ0) is 26.2. The minimum Gasteiger partial charge on any atom is -0.372 e. The van der Waals surface area contributed by atoms with Crippen LogP contribution in [0.3, 0.4) is 0 Å². The molecule has 2 heterocycles. The van der Waals surface area contributed by atoms with Crippen LogP contribution in [0.15, 0.2) is 48.5 Å². The van der Waals surface area contributed by atoms with E-state index < -0.39 is 40.7 Å². The fourth-order valence-electron chi connectivity index (χ4n) is 4.66. The van der Waals surface area contributed by atoms with E-state index in [0.717, 1.165) is 5.56 Å². The van der Waals surface area contributed by atoms with Crippen molar-refractivity contribution in [2.75, 3.05) is 13.2 Å². The molecule has 0 saturated carbocycles. The summed E-state index contributed by atoms with van der Waals surface area (Å²) in [5.74, 6) is -0.336. The molecule has 11 heteroatoms. The summed E-state index contributed by atoms with van der Waals surface area (Å²) in [6, 6.07) is 10.8. The van der Waals surface area contributed by atoms with Crippen molar-refractivity contribution in [1.29, 1.82) is 0 Å². The van der Waals surface area contributed by atoms with E-state index >= 15 is 0 Å². The normalized spacial score (nSPS) is 26.0. The highest BCUT2D eigenvalue weighted by Crippen LogP contribution is 2.40. The smallest absolute Gasteiger partial charge is 0.372 e. The van der Waals surface area contributed by atoms with E-state index in [0.29, 0.717) is 37.9 Å². The van der Waals surface area contributed by atoms with Crippen LogP contribution < -0.4 is 10.8 Å². The summed E-state index contributed by atoms with van der Waals surface area (Å²) in [6.07, 6.45) is -8.91. The first kappa shape index (κ1) is 26.4. The molecule has 0 aromatic heterocycles. The second kappa shape index (κ2) is 9.68. The number of halogens is 6. The van der Waals surface area contributed by atoms with Gasteiger partial charge in [-0.2, -0.15) is 26.3 Å². The molecule has 3 atom stereocenters. The molecule has 1 unspecified atom stereocenters. The van der Waals surface area contributed by atoms with Crippen LogP contribution >= 0.6 is 0 Å². The SMILES string of the molecule is C[C@@H](OC[C@@]1(c2ccccc2)CCC2(CCC(=O)ON2)CN1)c1cc(C(F)(F)F)cc(C(F)(F)F)c1. The number of carbonyl (C=O) groups excluding carboxylic acids is 1. The number of benzene rings is 2. The van der Waals surface area contributed by atoms with Gasteiger partial charge in [-0.25, -0.2) is 0 Å². The maximum atomic E-state index is 13.3. The summed E-state index contributed by atoms with van der Waals surface area (Å²) in [6.45, 7) is 1.86. The molecule has 4 rings (SSSR count). The van der Waals surface area contributed by atoms with E-state index in [1.165, 1.54) is 6.92 Å². The predicted molar refractivity (Wildman–Crippen MR) is 117 cm³/mol. The van der Waals surface area contributed by atoms with E-state index in [9.17, 15) is 31.1 Å². The van der Waals surface area contributed by atoms with Crippen molar-refractivity contribution in [2.45, 2.75) is 62.1 Å². The van der Waals surface area contributed by atoms with Crippen LogP contribution in [0.25, 0.3) is 0 Å². The lowest BCUT2D eigenvalue weighted by atomic mass is 9.75. The first-order chi connectivity index (χ1) is 16.8. The Kier molecular flexibility index (Phi) is 7.11. The Balaban J connectivity index is 1.56. The number of carbonyl (C=O) groups is 1. The number of nitrogens with one attached hydrogen (secondary N) is 2. The van der Waals surface area contributed by atoms with Gasteiger partial charge in [0.1, 0.15) is 0 Å². The topological polar surface area (TPSA) is 59.6 Å². The maximum absolute atomic E-state index is 13.3. The first-order valence-electron chi connectivity index (χ1n) is 11.5. The molecule has 36 heavy (non-hydrogen) atoms. The Morgan fingerprint density at radius 2 is 1.61 bits per heavy atom. The van der Waals surface area contributed by atoms with Gasteiger partial charge in [0, 0.05) is 13.0 Å². The zero-order valence-corrected chi connectivity index (χ0v) is 19.4. The second-order valence-electron chi connectivity index (χ2n) is 9.45. The van der Waals surface area contributed by atoms with Crippen LogP contribution in [0.4, 0.5) is 26.3 Å². The largest absolute Gasteiger partial charge is 0.416 e. The van der Waals surface area contributed by atoms with Crippen LogP contribution in [-0.4, -0.2) is 24.7 Å². The van der Waals surface area contributed by atoms with E-state index in [1.54, 1.807) is 0 Å². The summed E-state index contributed by atoms with van der Waals surface area (Å²) in [5, 5.41) is 3.46. The molecule has 0 radical (unpaired) electrons. The Hall–Kier alpha value is -2.63. The molecule has 0 bridgehead atoms. The number of ether oxygens (including phenoxy) is 1. The molecule has 0 amide bonds. The number of alkyl halides is 6. The number of rotatable bonds is 5. The second-order valence-corrected chi connectivity index (χ2v) is 9.45. The highest BCUT2D eigenvalue weighted by molar-refractivity contribution is 5.70. The molecule has 2 aromatic rings. The van der Waals surface area contributed by atoms with Crippen molar-refractivity contribution in [2.24, 2.45) is 0 Å². The lowest BCUT2D eigenvalue weighted by Crippen LogP contribution is -2.64. The average molecular weight is 516 g/mol. The van der Waals surface area contributed by atoms with Crippen molar-refractivity contribution in [3.05, 3.63) is 70.8 Å². The van der Waals surface area contributed by atoms with Crippen molar-refractivity contribution in [1.82, 2.24) is 10.8 Å². The molecule has 5 nitrogen and oxygen atoms in total. The summed E-state index contributed by atoms with van der Waals surface area (Å²) >= 11 is 0. The van der Waals surface area contributed by atoms with Gasteiger partial charge < -0.3 is 14.9 Å². The number of hydrogen-bond donors (Lipinski definition) is 2. The Bertz CT molecular complexity index is 1040. The minimum atomic E-state index is -4.93. The molecule has 2 aliphatic heterocycles. The van der Waals surface area contributed by atoms with Crippen LogP contribution in [0, 0.1) is 0 Å². The Morgan fingerprint density at radius 1 is 0.972 bits per heavy atom. The Morgan fingerprint density at radius 3 is 2.11 bits per heavy atom. The van der Waals surface area contributed by atoms with Gasteiger partial charge in [-0.05, 0) is 55.5 Å². The zero-order valence-electron chi connectivity index (χ0n) is 19.4. The van der Waals surface area contributed by atoms with Crippen molar-refractivity contribution in [3.8, 4) is 0 Å². The van der Waals surface area contributed by atoms with Crippen LogP contribution in [0.1, 0.15) is 61.0 Å². The first-order valence-corrected chi connectivity index (χ1v) is 11.5. The van der Waals surface area contributed by atoms with Crippen LogP contribution in [0.5, 0.6) is 0 Å². The molecule has 0 aliphatic carbocycles. The molecule has 2 saturated heterocycles. The van der Waals surface area contributed by atoms with Crippen molar-refractivity contribution >= 4 is 5.97 Å². The summed E-state index contributed by atoms with van der Waals surface area (Å²) < 4.78 is 85.8. The highest BCUT2D eigenvalue weighted by atomic mass is 19.4. The van der Waals surface area contributed by atoms with E-state index in [1.807, 2.05) is 30.3 Å². The average Bonchev–Trinajstić information content (AvgIpc) is 2.85. The lowest BCUT2D eigenvalue weighted by Gasteiger charge is -2.48. The third kappa shape index (κ3) is 5.68. The molecular weight excluding hydrogens is 490 g/mol. The molecule has 2 aliphatic rings. The lowest BCUT2D eigenvalue weighted by molar-refractivity contribution is -0.167. The quantitative estimate of drug-likeness (QED) is 0.503. The van der Waals surface area contributed by atoms with Crippen LogP contribution in [-0.2, 0) is 32.3 Å². The molecular formula is C25H26F6N2O3. The maximum Gasteiger partial charge on any atom is 0.416 e. The van der Waals surface area contributed by atoms with E-state index in [-0.39, 0.29) is 30.6 Å². The molecule has 2 fully saturated rings. The van der Waals surface area contributed by atoms with Gasteiger partial charge in [-0.15, -0.1) is 5.48 Å². The number of hydrogen-bond acceptors (Lipinski definition) is 5. The molecule has 2 N–H and O–H groups in total. The Labute approximate surface area is 204 Å². The summed E-state index contributed by atoms with van der Waals surface area (Å²) in [4.78, 5) is 16.5. The number of hydroxylamine groups is 1. The fraction of sp³-hybridized carbons (Fsp3) is 0.480. The van der Waals surface area contributed by atoms with Gasteiger partial charge in [0.2, 0.25) is 0 Å². The van der Waals surface area contributed by atoms with Crippen LogP contribution in [0.2, 0.25) is 0 Å². The van der Waals surface area contributed by atoms with Crippen molar-refractivity contribution in [3.63, 3.8) is 0 Å².